The number of nitrogens with zero attached hydrogens (tertiary/aromatic N) is 2. The van der Waals surface area contributed by atoms with Crippen molar-refractivity contribution in [3.63, 3.8) is 0 Å². The summed E-state index contributed by atoms with van der Waals surface area (Å²) in [5.74, 6) is 1.40. The summed E-state index contributed by atoms with van der Waals surface area (Å²) in [6.45, 7) is 4.97. The van der Waals surface area contributed by atoms with Gasteiger partial charge in [0, 0.05) is 37.2 Å². The lowest BCUT2D eigenvalue weighted by Crippen LogP contribution is -2.48. The number of hydrogen-bond acceptors (Lipinski definition) is 5. The highest BCUT2D eigenvalue weighted by Gasteiger charge is 2.30. The summed E-state index contributed by atoms with van der Waals surface area (Å²) in [5, 5.41) is 0. The highest BCUT2D eigenvalue weighted by atomic mass is 79.9. The second kappa shape index (κ2) is 8.82. The monoisotopic (exact) mass is 468 g/mol. The van der Waals surface area contributed by atoms with Crippen molar-refractivity contribution in [2.75, 3.05) is 40.4 Å². The Kier molecular flexibility index (Phi) is 6.65. The van der Waals surface area contributed by atoms with Crippen molar-refractivity contribution in [3.05, 3.63) is 52.0 Å². The van der Waals surface area contributed by atoms with E-state index in [1.54, 1.807) is 24.6 Å². The van der Waals surface area contributed by atoms with Crippen molar-refractivity contribution in [1.29, 1.82) is 0 Å². The number of piperazine rings is 1. The maximum atomic E-state index is 13.0. The Morgan fingerprint density at radius 1 is 0.964 bits per heavy atom. The fourth-order valence-electron chi connectivity index (χ4n) is 3.32. The smallest absolute Gasteiger partial charge is 0.244 e. The van der Waals surface area contributed by atoms with E-state index in [2.05, 4.69) is 20.8 Å². The van der Waals surface area contributed by atoms with Crippen molar-refractivity contribution < 1.29 is 17.9 Å². The fraction of sp³-hybridized carbons (Fsp3) is 0.400. The van der Waals surface area contributed by atoms with Crippen LogP contribution in [0.25, 0.3) is 0 Å². The number of halogens is 1. The number of benzene rings is 2. The molecular formula is C20H25BrN2O4S. The van der Waals surface area contributed by atoms with E-state index in [1.165, 1.54) is 0 Å². The quantitative estimate of drug-likeness (QED) is 0.650. The summed E-state index contributed by atoms with van der Waals surface area (Å²) in [7, 11) is -0.268. The highest BCUT2D eigenvalue weighted by molar-refractivity contribution is 9.10. The molecule has 1 aliphatic rings. The zero-order chi connectivity index (χ0) is 20.3. The Morgan fingerprint density at radius 3 is 2.25 bits per heavy atom. The van der Waals surface area contributed by atoms with E-state index in [1.807, 2.05) is 37.3 Å². The molecule has 0 unspecified atom stereocenters. The predicted octanol–water partition coefficient (Wildman–Crippen LogP) is 3.28. The third-order valence-electron chi connectivity index (χ3n) is 4.89. The van der Waals surface area contributed by atoms with Gasteiger partial charge in [-0.15, -0.1) is 0 Å². The van der Waals surface area contributed by atoms with Gasteiger partial charge in [0.2, 0.25) is 10.0 Å². The molecule has 3 rings (SSSR count). The molecule has 0 radical (unpaired) electrons. The lowest BCUT2D eigenvalue weighted by molar-refractivity contribution is 0.181. The van der Waals surface area contributed by atoms with Gasteiger partial charge in [-0.2, -0.15) is 4.31 Å². The standard InChI is InChI=1S/C20H25BrN2O4S/c1-15-4-7-20(17(21)12-15)28(24,25)23-10-8-22(9-11-23)14-16-5-6-18(26-2)19(13-16)27-3/h4-7,12-13H,8-11,14H2,1-3H3. The molecule has 2 aromatic carbocycles. The third-order valence-corrected chi connectivity index (χ3v) is 7.77. The Bertz CT molecular complexity index is 941. The van der Waals surface area contributed by atoms with Crippen molar-refractivity contribution in [2.24, 2.45) is 0 Å². The van der Waals surface area contributed by atoms with Gasteiger partial charge in [0.05, 0.1) is 19.1 Å². The Morgan fingerprint density at radius 2 is 1.64 bits per heavy atom. The molecule has 28 heavy (non-hydrogen) atoms. The molecule has 8 heteroatoms. The van der Waals surface area contributed by atoms with Gasteiger partial charge in [-0.3, -0.25) is 4.90 Å². The second-order valence-electron chi connectivity index (χ2n) is 6.80. The number of hydrogen-bond donors (Lipinski definition) is 0. The van der Waals surface area contributed by atoms with Gasteiger partial charge in [-0.1, -0.05) is 12.1 Å². The molecule has 0 bridgehead atoms. The molecule has 0 spiro atoms. The van der Waals surface area contributed by atoms with Crippen LogP contribution in [0.5, 0.6) is 11.5 Å². The molecule has 0 amide bonds. The van der Waals surface area contributed by atoms with Crippen molar-refractivity contribution in [1.82, 2.24) is 9.21 Å². The van der Waals surface area contributed by atoms with Crippen LogP contribution in [0, 0.1) is 6.92 Å². The summed E-state index contributed by atoms with van der Waals surface area (Å²) < 4.78 is 38.8. The van der Waals surface area contributed by atoms with Crippen molar-refractivity contribution in [3.8, 4) is 11.5 Å². The predicted molar refractivity (Wildman–Crippen MR) is 112 cm³/mol. The summed E-state index contributed by atoms with van der Waals surface area (Å²) >= 11 is 3.39. The SMILES string of the molecule is COc1ccc(CN2CCN(S(=O)(=O)c3ccc(C)cc3Br)CC2)cc1OC. The summed E-state index contributed by atoms with van der Waals surface area (Å²) in [5.41, 5.74) is 2.13. The molecule has 1 aliphatic heterocycles. The lowest BCUT2D eigenvalue weighted by Gasteiger charge is -2.34. The molecule has 0 N–H and O–H groups in total. The van der Waals surface area contributed by atoms with E-state index in [0.717, 1.165) is 17.7 Å². The van der Waals surface area contributed by atoms with Gasteiger partial charge in [0.15, 0.2) is 11.5 Å². The molecule has 2 aromatic rings. The minimum absolute atomic E-state index is 0.325. The van der Waals surface area contributed by atoms with Gasteiger partial charge in [0.1, 0.15) is 0 Å². The van der Waals surface area contributed by atoms with Crippen LogP contribution in [0.2, 0.25) is 0 Å². The Balaban J connectivity index is 1.66. The van der Waals surface area contributed by atoms with Gasteiger partial charge >= 0.3 is 0 Å². The second-order valence-corrected chi connectivity index (χ2v) is 9.56. The Hall–Kier alpha value is -1.61. The zero-order valence-electron chi connectivity index (χ0n) is 16.3. The molecule has 1 heterocycles. The van der Waals surface area contributed by atoms with Crippen LogP contribution in [0.1, 0.15) is 11.1 Å². The zero-order valence-corrected chi connectivity index (χ0v) is 18.7. The van der Waals surface area contributed by atoms with Crippen LogP contribution in [0.4, 0.5) is 0 Å². The molecule has 1 saturated heterocycles. The van der Waals surface area contributed by atoms with E-state index in [9.17, 15) is 8.42 Å². The average Bonchev–Trinajstić information content (AvgIpc) is 2.68. The van der Waals surface area contributed by atoms with E-state index in [0.29, 0.717) is 47.0 Å². The minimum atomic E-state index is -3.50. The molecule has 0 atom stereocenters. The largest absolute Gasteiger partial charge is 0.493 e. The van der Waals surface area contributed by atoms with Gasteiger partial charge in [-0.05, 0) is 58.2 Å². The first-order chi connectivity index (χ1) is 13.3. The van der Waals surface area contributed by atoms with Crippen LogP contribution >= 0.6 is 15.9 Å². The highest BCUT2D eigenvalue weighted by Crippen LogP contribution is 2.29. The van der Waals surface area contributed by atoms with E-state index in [-0.39, 0.29) is 0 Å². The van der Waals surface area contributed by atoms with E-state index < -0.39 is 10.0 Å². The molecule has 0 saturated carbocycles. The van der Waals surface area contributed by atoms with Crippen LogP contribution < -0.4 is 9.47 Å². The minimum Gasteiger partial charge on any atom is -0.493 e. The number of ether oxygens (including phenoxy) is 2. The lowest BCUT2D eigenvalue weighted by atomic mass is 10.1. The molecule has 0 aliphatic carbocycles. The topological polar surface area (TPSA) is 59.1 Å². The first-order valence-electron chi connectivity index (χ1n) is 9.04. The summed E-state index contributed by atoms with van der Waals surface area (Å²) in [6, 6.07) is 11.2. The third kappa shape index (κ3) is 4.51. The first kappa shape index (κ1) is 21.1. The van der Waals surface area contributed by atoms with Gasteiger partial charge < -0.3 is 9.47 Å². The number of methoxy groups -OCH3 is 2. The maximum Gasteiger partial charge on any atom is 0.244 e. The number of rotatable bonds is 6. The molecular weight excluding hydrogens is 444 g/mol. The number of aryl methyl sites for hydroxylation is 1. The van der Waals surface area contributed by atoms with E-state index in [4.69, 9.17) is 9.47 Å². The van der Waals surface area contributed by atoms with Gasteiger partial charge in [0.25, 0.3) is 0 Å². The fourth-order valence-corrected chi connectivity index (χ4v) is 5.89. The normalized spacial score (nSPS) is 16.1. The van der Waals surface area contributed by atoms with Crippen molar-refractivity contribution in [2.45, 2.75) is 18.4 Å². The summed E-state index contributed by atoms with van der Waals surface area (Å²) in [6.07, 6.45) is 0. The van der Waals surface area contributed by atoms with Crippen LogP contribution in [-0.2, 0) is 16.6 Å². The molecule has 6 nitrogen and oxygen atoms in total. The van der Waals surface area contributed by atoms with Crippen LogP contribution in [0.3, 0.4) is 0 Å². The molecule has 1 fully saturated rings. The maximum absolute atomic E-state index is 13.0. The van der Waals surface area contributed by atoms with Crippen LogP contribution in [0.15, 0.2) is 45.8 Å². The molecule has 152 valence electrons. The van der Waals surface area contributed by atoms with E-state index >= 15 is 0 Å². The Labute approximate surface area is 175 Å². The average molecular weight is 469 g/mol. The number of sulfonamides is 1. The molecule has 0 aromatic heterocycles. The van der Waals surface area contributed by atoms with Crippen LogP contribution in [-0.4, -0.2) is 58.0 Å². The summed E-state index contributed by atoms with van der Waals surface area (Å²) in [4.78, 5) is 2.57. The first-order valence-corrected chi connectivity index (χ1v) is 11.3. The van der Waals surface area contributed by atoms with Gasteiger partial charge in [-0.25, -0.2) is 8.42 Å². The van der Waals surface area contributed by atoms with Crippen molar-refractivity contribution >= 4 is 26.0 Å².